The Balaban J connectivity index is 2.87. The van der Waals surface area contributed by atoms with Gasteiger partial charge in [-0.25, -0.2) is 0 Å². The largest absolute Gasteiger partial charge is 0.345 e. The highest BCUT2D eigenvalue weighted by Gasteiger charge is 2.13. The summed E-state index contributed by atoms with van der Waals surface area (Å²) in [6.07, 6.45) is 0. The van der Waals surface area contributed by atoms with E-state index >= 15 is 0 Å². The molecule has 0 spiro atoms. The average molecular weight is 243 g/mol. The smallest absolute Gasteiger partial charge is 0.0684 e. The molecule has 2 aromatic rings. The van der Waals surface area contributed by atoms with Gasteiger partial charge in [0.05, 0.1) is 15.6 Å². The zero-order chi connectivity index (χ0) is 11.2. The van der Waals surface area contributed by atoms with Crippen LogP contribution >= 0.6 is 23.2 Å². The van der Waals surface area contributed by atoms with Crippen molar-refractivity contribution in [1.29, 1.82) is 0 Å². The van der Waals surface area contributed by atoms with Crippen LogP contribution in [-0.4, -0.2) is 4.57 Å². The molecule has 0 aliphatic heterocycles. The van der Waals surface area contributed by atoms with Crippen molar-refractivity contribution in [1.82, 2.24) is 4.57 Å². The van der Waals surface area contributed by atoms with Crippen molar-refractivity contribution >= 4 is 34.1 Å². The number of fused-ring (bicyclic) bond motifs is 1. The molecule has 2 N–H and O–H groups in total. The maximum atomic E-state index is 6.13. The molecule has 1 atom stereocenters. The molecule has 1 aromatic carbocycles. The molecule has 0 aliphatic rings. The molecule has 0 saturated heterocycles. The van der Waals surface area contributed by atoms with E-state index in [1.807, 2.05) is 24.6 Å². The highest BCUT2D eigenvalue weighted by Crippen LogP contribution is 2.33. The van der Waals surface area contributed by atoms with Gasteiger partial charge >= 0.3 is 0 Å². The van der Waals surface area contributed by atoms with Crippen LogP contribution in [0.4, 0.5) is 0 Å². The van der Waals surface area contributed by atoms with Crippen molar-refractivity contribution in [3.63, 3.8) is 0 Å². The van der Waals surface area contributed by atoms with Crippen LogP contribution in [0.2, 0.25) is 10.0 Å². The summed E-state index contributed by atoms with van der Waals surface area (Å²) in [5.74, 6) is 0. The van der Waals surface area contributed by atoms with Gasteiger partial charge in [0, 0.05) is 24.2 Å². The number of aromatic nitrogens is 1. The third-order valence-electron chi connectivity index (χ3n) is 2.60. The molecular weight excluding hydrogens is 231 g/mol. The minimum atomic E-state index is -0.0328. The maximum Gasteiger partial charge on any atom is 0.0684 e. The fourth-order valence-electron chi connectivity index (χ4n) is 1.85. The number of hydrogen-bond donors (Lipinski definition) is 1. The SMILES string of the molecule is CC(N)c1cc2c(Cl)ccc(Cl)c2n1C. The first kappa shape index (κ1) is 10.8. The second-order valence-corrected chi connectivity index (χ2v) is 4.52. The van der Waals surface area contributed by atoms with Gasteiger partial charge in [0.25, 0.3) is 0 Å². The normalized spacial score (nSPS) is 13.4. The highest BCUT2D eigenvalue weighted by atomic mass is 35.5. The predicted octanol–water partition coefficient (Wildman–Crippen LogP) is 3.50. The highest BCUT2D eigenvalue weighted by molar-refractivity contribution is 6.40. The molecular formula is C11H12Cl2N2. The Morgan fingerprint density at radius 3 is 2.40 bits per heavy atom. The first-order chi connectivity index (χ1) is 7.02. The van der Waals surface area contributed by atoms with E-state index < -0.39 is 0 Å². The molecule has 80 valence electrons. The number of rotatable bonds is 1. The molecule has 0 saturated carbocycles. The molecule has 4 heteroatoms. The summed E-state index contributed by atoms with van der Waals surface area (Å²) in [6.45, 7) is 1.94. The van der Waals surface area contributed by atoms with Crippen LogP contribution in [0.25, 0.3) is 10.9 Å². The summed E-state index contributed by atoms with van der Waals surface area (Å²) in [5, 5.41) is 2.36. The van der Waals surface area contributed by atoms with Gasteiger partial charge in [-0.3, -0.25) is 0 Å². The van der Waals surface area contributed by atoms with Crippen molar-refractivity contribution in [3.05, 3.63) is 33.9 Å². The second kappa shape index (κ2) is 3.71. The second-order valence-electron chi connectivity index (χ2n) is 3.71. The van der Waals surface area contributed by atoms with Gasteiger partial charge < -0.3 is 10.3 Å². The van der Waals surface area contributed by atoms with Crippen molar-refractivity contribution in [2.45, 2.75) is 13.0 Å². The lowest BCUT2D eigenvalue weighted by Crippen LogP contribution is -2.09. The summed E-state index contributed by atoms with van der Waals surface area (Å²) < 4.78 is 1.99. The first-order valence-corrected chi connectivity index (χ1v) is 5.47. The van der Waals surface area contributed by atoms with Crippen LogP contribution in [0.3, 0.4) is 0 Å². The number of benzene rings is 1. The van der Waals surface area contributed by atoms with E-state index in [0.29, 0.717) is 10.0 Å². The van der Waals surface area contributed by atoms with Gasteiger partial charge in [0.1, 0.15) is 0 Å². The van der Waals surface area contributed by atoms with Crippen molar-refractivity contribution in [3.8, 4) is 0 Å². The zero-order valence-electron chi connectivity index (χ0n) is 8.59. The molecule has 2 rings (SSSR count). The van der Waals surface area contributed by atoms with Gasteiger partial charge in [0.15, 0.2) is 0 Å². The molecule has 1 unspecified atom stereocenters. The lowest BCUT2D eigenvalue weighted by atomic mass is 10.2. The lowest BCUT2D eigenvalue weighted by Gasteiger charge is -2.07. The fraction of sp³-hybridized carbons (Fsp3) is 0.273. The average Bonchev–Trinajstić information content (AvgIpc) is 2.51. The van der Waals surface area contributed by atoms with Crippen LogP contribution in [0.1, 0.15) is 18.7 Å². The van der Waals surface area contributed by atoms with Crippen LogP contribution in [0, 0.1) is 0 Å². The first-order valence-electron chi connectivity index (χ1n) is 4.71. The Kier molecular flexibility index (Phi) is 2.67. The number of aryl methyl sites for hydroxylation is 1. The molecule has 15 heavy (non-hydrogen) atoms. The summed E-state index contributed by atoms with van der Waals surface area (Å²) in [4.78, 5) is 0. The Morgan fingerprint density at radius 2 is 1.87 bits per heavy atom. The van der Waals surface area contributed by atoms with Crippen molar-refractivity contribution in [2.24, 2.45) is 12.8 Å². The summed E-state index contributed by atoms with van der Waals surface area (Å²) in [5.41, 5.74) is 7.84. The van der Waals surface area contributed by atoms with E-state index in [0.717, 1.165) is 16.6 Å². The van der Waals surface area contributed by atoms with Crippen LogP contribution in [0.5, 0.6) is 0 Å². The Hall–Kier alpha value is -0.700. The van der Waals surface area contributed by atoms with E-state index in [-0.39, 0.29) is 6.04 Å². The minimum absolute atomic E-state index is 0.0328. The maximum absolute atomic E-state index is 6.13. The van der Waals surface area contributed by atoms with E-state index in [4.69, 9.17) is 28.9 Å². The summed E-state index contributed by atoms with van der Waals surface area (Å²) in [6, 6.07) is 5.57. The standard InChI is InChI=1S/C11H12Cl2N2/c1-6(14)10-5-7-8(12)3-4-9(13)11(7)15(10)2/h3-6H,14H2,1-2H3. The topological polar surface area (TPSA) is 30.9 Å². The van der Waals surface area contributed by atoms with Crippen LogP contribution in [-0.2, 0) is 7.05 Å². The Bertz CT molecular complexity index is 515. The monoisotopic (exact) mass is 242 g/mol. The van der Waals surface area contributed by atoms with Gasteiger partial charge in [-0.15, -0.1) is 0 Å². The van der Waals surface area contributed by atoms with Gasteiger partial charge in [-0.2, -0.15) is 0 Å². The molecule has 1 aromatic heterocycles. The van der Waals surface area contributed by atoms with Gasteiger partial charge in [0.2, 0.25) is 0 Å². The van der Waals surface area contributed by atoms with E-state index in [1.54, 1.807) is 12.1 Å². The van der Waals surface area contributed by atoms with Crippen LogP contribution in [0.15, 0.2) is 18.2 Å². The third kappa shape index (κ3) is 1.63. The molecule has 0 bridgehead atoms. The molecule has 1 heterocycles. The number of hydrogen-bond acceptors (Lipinski definition) is 1. The van der Waals surface area contributed by atoms with Gasteiger partial charge in [-0.05, 0) is 25.1 Å². The van der Waals surface area contributed by atoms with E-state index in [2.05, 4.69) is 0 Å². The minimum Gasteiger partial charge on any atom is -0.345 e. The third-order valence-corrected chi connectivity index (χ3v) is 3.23. The molecule has 0 amide bonds. The lowest BCUT2D eigenvalue weighted by molar-refractivity contribution is 0.726. The quantitative estimate of drug-likeness (QED) is 0.816. The van der Waals surface area contributed by atoms with Crippen molar-refractivity contribution in [2.75, 3.05) is 0 Å². The number of nitrogens with two attached hydrogens (primary N) is 1. The van der Waals surface area contributed by atoms with E-state index in [9.17, 15) is 0 Å². The predicted molar refractivity (Wildman–Crippen MR) is 65.5 cm³/mol. The Labute approximate surface area is 98.6 Å². The fourth-order valence-corrected chi connectivity index (χ4v) is 2.34. The van der Waals surface area contributed by atoms with E-state index in [1.165, 1.54) is 0 Å². The van der Waals surface area contributed by atoms with Gasteiger partial charge in [-0.1, -0.05) is 23.2 Å². The zero-order valence-corrected chi connectivity index (χ0v) is 10.1. The van der Waals surface area contributed by atoms with Crippen molar-refractivity contribution < 1.29 is 0 Å². The number of halogens is 2. The van der Waals surface area contributed by atoms with Crippen LogP contribution < -0.4 is 5.73 Å². The Morgan fingerprint density at radius 1 is 1.27 bits per heavy atom. The number of nitrogens with zero attached hydrogens (tertiary/aromatic N) is 1. The molecule has 0 fully saturated rings. The molecule has 0 radical (unpaired) electrons. The summed E-state index contributed by atoms with van der Waals surface area (Å²) in [7, 11) is 1.95. The summed E-state index contributed by atoms with van der Waals surface area (Å²) >= 11 is 12.2. The molecule has 2 nitrogen and oxygen atoms in total. The molecule has 0 aliphatic carbocycles.